The molecule has 1 aromatic carbocycles. The third-order valence-electron chi connectivity index (χ3n) is 2.68. The first kappa shape index (κ1) is 14.7. The first-order valence-electron chi connectivity index (χ1n) is 6.24. The van der Waals surface area contributed by atoms with Gasteiger partial charge >= 0.3 is 0 Å². The van der Waals surface area contributed by atoms with Crippen molar-refractivity contribution in [1.82, 2.24) is 15.1 Å². The second-order valence-electron chi connectivity index (χ2n) is 4.48. The molecule has 0 saturated heterocycles. The van der Waals surface area contributed by atoms with Gasteiger partial charge in [-0.15, -0.1) is 0 Å². The van der Waals surface area contributed by atoms with Crippen LogP contribution in [0.2, 0.25) is 0 Å². The molecule has 2 N–H and O–H groups in total. The Bertz CT molecular complexity index is 666. The van der Waals surface area contributed by atoms with E-state index in [2.05, 4.69) is 10.4 Å². The molecule has 0 fully saturated rings. The van der Waals surface area contributed by atoms with Crippen LogP contribution in [0.1, 0.15) is 17.4 Å². The fraction of sp³-hybridized carbons (Fsp3) is 0.231. The number of benzene rings is 1. The Morgan fingerprint density at radius 1 is 1.52 bits per heavy atom. The molecule has 1 amide bonds. The number of carbonyl (C=O) groups is 1. The lowest BCUT2D eigenvalue weighted by molar-refractivity contribution is -0.384. The van der Waals surface area contributed by atoms with Crippen LogP contribution in [0.25, 0.3) is 5.69 Å². The number of rotatable bonds is 5. The van der Waals surface area contributed by atoms with Gasteiger partial charge in [0.05, 0.1) is 16.7 Å². The Kier molecular flexibility index (Phi) is 4.29. The van der Waals surface area contributed by atoms with Crippen molar-refractivity contribution in [2.45, 2.75) is 13.0 Å². The Morgan fingerprint density at radius 3 is 2.95 bits per heavy atom. The van der Waals surface area contributed by atoms with E-state index in [0.717, 1.165) is 0 Å². The Morgan fingerprint density at radius 2 is 2.29 bits per heavy atom. The number of nitrogens with one attached hydrogen (secondary N) is 1. The number of amides is 1. The van der Waals surface area contributed by atoms with Crippen molar-refractivity contribution in [3.63, 3.8) is 0 Å². The SMILES string of the molecule is C[C@H](O)CNC(=O)c1ccn(-c2cccc([N+](=O)[O-])c2)n1. The summed E-state index contributed by atoms with van der Waals surface area (Å²) in [5.74, 6) is -0.417. The van der Waals surface area contributed by atoms with Crippen LogP contribution in [0.3, 0.4) is 0 Å². The quantitative estimate of drug-likeness (QED) is 0.627. The van der Waals surface area contributed by atoms with Crippen LogP contribution in [-0.2, 0) is 0 Å². The smallest absolute Gasteiger partial charge is 0.271 e. The van der Waals surface area contributed by atoms with Gasteiger partial charge in [-0.25, -0.2) is 4.68 Å². The summed E-state index contributed by atoms with van der Waals surface area (Å²) in [5.41, 5.74) is 0.601. The monoisotopic (exact) mass is 290 g/mol. The fourth-order valence-corrected chi connectivity index (χ4v) is 1.67. The van der Waals surface area contributed by atoms with E-state index in [4.69, 9.17) is 5.11 Å². The van der Waals surface area contributed by atoms with Gasteiger partial charge in [0.15, 0.2) is 5.69 Å². The van der Waals surface area contributed by atoms with Gasteiger partial charge in [-0.3, -0.25) is 14.9 Å². The summed E-state index contributed by atoms with van der Waals surface area (Å²) in [7, 11) is 0. The van der Waals surface area contributed by atoms with Crippen LogP contribution < -0.4 is 5.32 Å². The minimum atomic E-state index is -0.646. The van der Waals surface area contributed by atoms with E-state index in [0.29, 0.717) is 5.69 Å². The van der Waals surface area contributed by atoms with Crippen LogP contribution in [0.5, 0.6) is 0 Å². The molecule has 1 heterocycles. The average Bonchev–Trinajstić information content (AvgIpc) is 2.94. The van der Waals surface area contributed by atoms with Gasteiger partial charge in [-0.05, 0) is 19.1 Å². The van der Waals surface area contributed by atoms with Crippen LogP contribution >= 0.6 is 0 Å². The van der Waals surface area contributed by atoms with Crippen molar-refractivity contribution in [1.29, 1.82) is 0 Å². The standard InChI is InChI=1S/C13H14N4O4/c1-9(18)8-14-13(19)12-5-6-16(15-12)10-3-2-4-11(7-10)17(20)21/h2-7,9,18H,8H2,1H3,(H,14,19)/t9-/m0/s1. The lowest BCUT2D eigenvalue weighted by Gasteiger charge is -2.05. The van der Waals surface area contributed by atoms with Gasteiger partial charge in [0.2, 0.25) is 0 Å². The average molecular weight is 290 g/mol. The third kappa shape index (κ3) is 3.63. The molecule has 1 aromatic heterocycles. The number of nitro benzene ring substituents is 1. The summed E-state index contributed by atoms with van der Waals surface area (Å²) in [6, 6.07) is 7.43. The van der Waals surface area contributed by atoms with Crippen LogP contribution in [-0.4, -0.2) is 38.4 Å². The Labute approximate surface area is 120 Å². The number of nitrogens with zero attached hydrogens (tertiary/aromatic N) is 3. The van der Waals surface area contributed by atoms with Gasteiger partial charge < -0.3 is 10.4 Å². The van der Waals surface area contributed by atoms with Crippen molar-refractivity contribution in [2.75, 3.05) is 6.54 Å². The normalized spacial score (nSPS) is 11.9. The van der Waals surface area contributed by atoms with E-state index in [1.54, 1.807) is 19.1 Å². The Balaban J connectivity index is 2.18. The van der Waals surface area contributed by atoms with Gasteiger partial charge in [-0.2, -0.15) is 5.10 Å². The first-order valence-corrected chi connectivity index (χ1v) is 6.24. The van der Waals surface area contributed by atoms with Gasteiger partial charge in [0.25, 0.3) is 11.6 Å². The lowest BCUT2D eigenvalue weighted by Crippen LogP contribution is -2.30. The summed E-state index contributed by atoms with van der Waals surface area (Å²) >= 11 is 0. The topological polar surface area (TPSA) is 110 Å². The number of hydrogen-bond acceptors (Lipinski definition) is 5. The summed E-state index contributed by atoms with van der Waals surface area (Å²) in [4.78, 5) is 22.0. The van der Waals surface area contributed by atoms with Crippen molar-refractivity contribution in [3.8, 4) is 5.69 Å². The van der Waals surface area contributed by atoms with Crippen molar-refractivity contribution < 1.29 is 14.8 Å². The van der Waals surface area contributed by atoms with E-state index in [9.17, 15) is 14.9 Å². The maximum Gasteiger partial charge on any atom is 0.271 e. The number of carbonyl (C=O) groups excluding carboxylic acids is 1. The zero-order chi connectivity index (χ0) is 15.4. The van der Waals surface area contributed by atoms with Gasteiger partial charge in [-0.1, -0.05) is 6.07 Å². The highest BCUT2D eigenvalue weighted by atomic mass is 16.6. The summed E-state index contributed by atoms with van der Waals surface area (Å²) in [6.07, 6.45) is 0.892. The number of aliphatic hydroxyl groups excluding tert-OH is 1. The molecule has 0 spiro atoms. The second kappa shape index (κ2) is 6.14. The molecule has 0 saturated carbocycles. The maximum absolute atomic E-state index is 11.8. The van der Waals surface area contributed by atoms with Crippen molar-refractivity contribution in [3.05, 3.63) is 52.3 Å². The van der Waals surface area contributed by atoms with Crippen LogP contribution in [0.15, 0.2) is 36.5 Å². The minimum absolute atomic E-state index is 0.0527. The predicted molar refractivity (Wildman–Crippen MR) is 74.2 cm³/mol. The summed E-state index contributed by atoms with van der Waals surface area (Å²) in [6.45, 7) is 1.69. The zero-order valence-corrected chi connectivity index (χ0v) is 11.3. The molecule has 1 atom stereocenters. The van der Waals surface area contributed by atoms with E-state index < -0.39 is 16.9 Å². The number of non-ortho nitro benzene ring substituents is 1. The number of hydrogen-bond donors (Lipinski definition) is 2. The molecule has 8 nitrogen and oxygen atoms in total. The van der Waals surface area contributed by atoms with Crippen LogP contribution in [0, 0.1) is 10.1 Å². The van der Waals surface area contributed by atoms with E-state index in [-0.39, 0.29) is 17.9 Å². The Hall–Kier alpha value is -2.74. The third-order valence-corrected chi connectivity index (χ3v) is 2.68. The molecule has 0 aliphatic heterocycles. The minimum Gasteiger partial charge on any atom is -0.392 e. The molecule has 2 rings (SSSR count). The molecular formula is C13H14N4O4. The predicted octanol–water partition coefficient (Wildman–Crippen LogP) is 0.891. The van der Waals surface area contributed by atoms with Gasteiger partial charge in [0, 0.05) is 24.9 Å². The molecule has 0 bridgehead atoms. The zero-order valence-electron chi connectivity index (χ0n) is 11.3. The molecule has 0 radical (unpaired) electrons. The van der Waals surface area contributed by atoms with E-state index in [1.165, 1.54) is 29.1 Å². The molecule has 110 valence electrons. The van der Waals surface area contributed by atoms with E-state index >= 15 is 0 Å². The molecule has 21 heavy (non-hydrogen) atoms. The highest BCUT2D eigenvalue weighted by Gasteiger charge is 2.12. The van der Waals surface area contributed by atoms with Gasteiger partial charge in [0.1, 0.15) is 0 Å². The maximum atomic E-state index is 11.8. The molecule has 8 heteroatoms. The summed E-state index contributed by atoms with van der Waals surface area (Å²) < 4.78 is 1.38. The number of aliphatic hydroxyl groups is 1. The molecular weight excluding hydrogens is 276 g/mol. The second-order valence-corrected chi connectivity index (χ2v) is 4.48. The molecule has 2 aromatic rings. The van der Waals surface area contributed by atoms with E-state index in [1.807, 2.05) is 0 Å². The molecule has 0 aliphatic rings. The first-order chi connectivity index (χ1) is 9.97. The van der Waals surface area contributed by atoms with Crippen LogP contribution in [0.4, 0.5) is 5.69 Å². The largest absolute Gasteiger partial charge is 0.392 e. The highest BCUT2D eigenvalue weighted by Crippen LogP contribution is 2.16. The molecule has 0 aliphatic carbocycles. The van der Waals surface area contributed by atoms with Crippen molar-refractivity contribution >= 4 is 11.6 Å². The summed E-state index contributed by atoms with van der Waals surface area (Å²) in [5, 5.41) is 26.4. The lowest BCUT2D eigenvalue weighted by atomic mass is 10.3. The number of aromatic nitrogens is 2. The fourth-order valence-electron chi connectivity index (χ4n) is 1.67. The highest BCUT2D eigenvalue weighted by molar-refractivity contribution is 5.92. The number of nitro groups is 1. The van der Waals surface area contributed by atoms with Crippen molar-refractivity contribution in [2.24, 2.45) is 0 Å². The molecule has 0 unspecified atom stereocenters.